The van der Waals surface area contributed by atoms with Gasteiger partial charge in [-0.25, -0.2) is 0 Å². The smallest absolute Gasteiger partial charge is 0.313 e. The summed E-state index contributed by atoms with van der Waals surface area (Å²) >= 11 is 0. The van der Waals surface area contributed by atoms with Crippen LogP contribution in [0.4, 0.5) is 0 Å². The average molecular weight is 328 g/mol. The summed E-state index contributed by atoms with van der Waals surface area (Å²) in [5.41, 5.74) is 10.9. The van der Waals surface area contributed by atoms with Crippen LogP contribution < -0.4 is 11.5 Å². The molecular formula is C18H36N2O3. The summed E-state index contributed by atoms with van der Waals surface area (Å²) < 4.78 is 4.83. The zero-order chi connectivity index (χ0) is 17.2. The maximum Gasteiger partial charge on any atom is 0.313 e. The first-order valence-corrected chi connectivity index (χ1v) is 9.34. The second-order valence-corrected chi connectivity index (χ2v) is 6.17. The van der Waals surface area contributed by atoms with Gasteiger partial charge >= 0.3 is 11.9 Å². The molecule has 5 nitrogen and oxygen atoms in total. The number of hydrogen-bond donors (Lipinski definition) is 2. The number of rotatable bonds is 16. The van der Waals surface area contributed by atoms with Crippen LogP contribution in [-0.2, 0) is 14.3 Å². The fourth-order valence-electron chi connectivity index (χ4n) is 2.47. The van der Waals surface area contributed by atoms with Gasteiger partial charge in [0.2, 0.25) is 0 Å². The monoisotopic (exact) mass is 328 g/mol. The topological polar surface area (TPSA) is 95.4 Å². The molecular weight excluding hydrogens is 292 g/mol. The first-order chi connectivity index (χ1) is 11.2. The molecule has 0 amide bonds. The summed E-state index contributed by atoms with van der Waals surface area (Å²) in [6.45, 7) is 1.50. The van der Waals surface area contributed by atoms with Gasteiger partial charge in [0.1, 0.15) is 0 Å². The molecule has 23 heavy (non-hydrogen) atoms. The molecule has 0 aliphatic carbocycles. The van der Waals surface area contributed by atoms with Gasteiger partial charge in [0, 0.05) is 12.8 Å². The highest BCUT2D eigenvalue weighted by Gasteiger charge is 2.09. The Labute approximate surface area is 141 Å². The summed E-state index contributed by atoms with van der Waals surface area (Å²) in [4.78, 5) is 23.0. The second-order valence-electron chi connectivity index (χ2n) is 6.17. The maximum absolute atomic E-state index is 11.5. The lowest BCUT2D eigenvalue weighted by molar-refractivity contribution is -0.159. The van der Waals surface area contributed by atoms with Crippen molar-refractivity contribution in [2.75, 3.05) is 13.1 Å². The highest BCUT2D eigenvalue weighted by atomic mass is 16.6. The normalized spacial score (nSPS) is 10.7. The molecule has 0 fully saturated rings. The van der Waals surface area contributed by atoms with Gasteiger partial charge in [-0.05, 0) is 38.8 Å². The van der Waals surface area contributed by atoms with Crippen molar-refractivity contribution < 1.29 is 14.3 Å². The Morgan fingerprint density at radius 1 is 0.522 bits per heavy atom. The molecule has 0 unspecified atom stereocenters. The lowest BCUT2D eigenvalue weighted by Gasteiger charge is -2.04. The third-order valence-corrected chi connectivity index (χ3v) is 3.90. The quantitative estimate of drug-likeness (QED) is 0.257. The van der Waals surface area contributed by atoms with Crippen LogP contribution in [0.25, 0.3) is 0 Å². The minimum Gasteiger partial charge on any atom is -0.393 e. The number of hydrogen-bond acceptors (Lipinski definition) is 5. The van der Waals surface area contributed by atoms with Crippen LogP contribution in [0.2, 0.25) is 0 Å². The van der Waals surface area contributed by atoms with E-state index in [1.807, 2.05) is 0 Å². The fourth-order valence-corrected chi connectivity index (χ4v) is 2.47. The third kappa shape index (κ3) is 17.2. The first kappa shape index (κ1) is 22.1. The van der Waals surface area contributed by atoms with Crippen molar-refractivity contribution in [3.05, 3.63) is 0 Å². The van der Waals surface area contributed by atoms with Crippen molar-refractivity contribution in [3.63, 3.8) is 0 Å². The Balaban J connectivity index is 3.36. The Kier molecular flexibility index (Phi) is 16.7. The molecule has 0 aromatic carbocycles. The number of esters is 2. The SMILES string of the molecule is NCCCCCCCCC(=O)OC(=O)CCCCCCCCN. The minimum atomic E-state index is -0.375. The van der Waals surface area contributed by atoms with Crippen LogP contribution >= 0.6 is 0 Å². The second kappa shape index (κ2) is 17.4. The molecule has 0 saturated heterocycles. The van der Waals surface area contributed by atoms with Gasteiger partial charge in [0.05, 0.1) is 0 Å². The average Bonchev–Trinajstić information content (AvgIpc) is 2.53. The largest absolute Gasteiger partial charge is 0.393 e. The third-order valence-electron chi connectivity index (χ3n) is 3.90. The molecule has 0 aromatic heterocycles. The standard InChI is InChI=1S/C18H36N2O3/c19-15-11-7-3-1-5-9-13-17(21)23-18(22)14-10-6-2-4-8-12-16-20/h1-16,19-20H2. The summed E-state index contributed by atoms with van der Waals surface area (Å²) in [6.07, 6.45) is 13.3. The van der Waals surface area contributed by atoms with Crippen LogP contribution in [0.1, 0.15) is 89.9 Å². The molecule has 0 rings (SSSR count). The Bertz CT molecular complexity index is 268. The van der Waals surface area contributed by atoms with Crippen molar-refractivity contribution in [1.29, 1.82) is 0 Å². The van der Waals surface area contributed by atoms with E-state index in [1.165, 1.54) is 0 Å². The van der Waals surface area contributed by atoms with E-state index in [4.69, 9.17) is 16.2 Å². The summed E-state index contributed by atoms with van der Waals surface area (Å²) in [5, 5.41) is 0. The van der Waals surface area contributed by atoms with Crippen LogP contribution in [0.3, 0.4) is 0 Å². The molecule has 0 radical (unpaired) electrons. The zero-order valence-corrected chi connectivity index (χ0v) is 14.7. The summed E-state index contributed by atoms with van der Waals surface area (Å²) in [5.74, 6) is -0.750. The van der Waals surface area contributed by atoms with E-state index < -0.39 is 0 Å². The van der Waals surface area contributed by atoms with Crippen LogP contribution in [0.5, 0.6) is 0 Å². The highest BCUT2D eigenvalue weighted by Crippen LogP contribution is 2.09. The Morgan fingerprint density at radius 2 is 0.826 bits per heavy atom. The van der Waals surface area contributed by atoms with Gasteiger partial charge in [-0.2, -0.15) is 0 Å². The molecule has 0 spiro atoms. The van der Waals surface area contributed by atoms with Crippen molar-refractivity contribution in [1.82, 2.24) is 0 Å². The lowest BCUT2D eigenvalue weighted by Crippen LogP contribution is -2.11. The van der Waals surface area contributed by atoms with E-state index in [0.29, 0.717) is 12.8 Å². The van der Waals surface area contributed by atoms with Gasteiger partial charge < -0.3 is 16.2 Å². The number of carbonyl (C=O) groups excluding carboxylic acids is 2. The molecule has 0 heterocycles. The highest BCUT2D eigenvalue weighted by molar-refractivity contribution is 5.85. The first-order valence-electron chi connectivity index (χ1n) is 9.34. The van der Waals surface area contributed by atoms with Gasteiger partial charge in [0.25, 0.3) is 0 Å². The maximum atomic E-state index is 11.5. The molecule has 5 heteroatoms. The fraction of sp³-hybridized carbons (Fsp3) is 0.889. The summed E-state index contributed by atoms with van der Waals surface area (Å²) in [6, 6.07) is 0. The predicted molar refractivity (Wildman–Crippen MR) is 93.8 cm³/mol. The van der Waals surface area contributed by atoms with E-state index in [1.54, 1.807) is 0 Å². The van der Waals surface area contributed by atoms with Crippen molar-refractivity contribution >= 4 is 11.9 Å². The van der Waals surface area contributed by atoms with Crippen LogP contribution in [0.15, 0.2) is 0 Å². The van der Waals surface area contributed by atoms with Crippen molar-refractivity contribution in [2.24, 2.45) is 11.5 Å². The molecule has 0 aliphatic rings. The van der Waals surface area contributed by atoms with E-state index in [0.717, 1.165) is 90.1 Å². The number of carbonyl (C=O) groups is 2. The molecule has 0 bridgehead atoms. The molecule has 136 valence electrons. The van der Waals surface area contributed by atoms with E-state index >= 15 is 0 Å². The molecule has 4 N–H and O–H groups in total. The molecule has 0 aromatic rings. The van der Waals surface area contributed by atoms with E-state index in [2.05, 4.69) is 0 Å². The summed E-state index contributed by atoms with van der Waals surface area (Å²) in [7, 11) is 0. The molecule has 0 aliphatic heterocycles. The van der Waals surface area contributed by atoms with Gasteiger partial charge in [-0.3, -0.25) is 9.59 Å². The van der Waals surface area contributed by atoms with Crippen molar-refractivity contribution in [2.45, 2.75) is 89.9 Å². The van der Waals surface area contributed by atoms with Gasteiger partial charge in [0.15, 0.2) is 0 Å². The molecule has 0 atom stereocenters. The van der Waals surface area contributed by atoms with Gasteiger partial charge in [-0.1, -0.05) is 51.4 Å². The van der Waals surface area contributed by atoms with Crippen molar-refractivity contribution in [3.8, 4) is 0 Å². The number of nitrogens with two attached hydrogens (primary N) is 2. The van der Waals surface area contributed by atoms with Crippen LogP contribution in [-0.4, -0.2) is 25.0 Å². The van der Waals surface area contributed by atoms with Crippen LogP contribution in [0, 0.1) is 0 Å². The minimum absolute atomic E-state index is 0.349. The molecule has 0 saturated carbocycles. The Morgan fingerprint density at radius 3 is 1.17 bits per heavy atom. The Hall–Kier alpha value is -0.940. The lowest BCUT2D eigenvalue weighted by atomic mass is 10.1. The van der Waals surface area contributed by atoms with E-state index in [-0.39, 0.29) is 11.9 Å². The van der Waals surface area contributed by atoms with E-state index in [9.17, 15) is 9.59 Å². The predicted octanol–water partition coefficient (Wildman–Crippen LogP) is 3.44. The van der Waals surface area contributed by atoms with Gasteiger partial charge in [-0.15, -0.1) is 0 Å². The number of ether oxygens (including phenoxy) is 1. The zero-order valence-electron chi connectivity index (χ0n) is 14.7. The number of unbranched alkanes of at least 4 members (excludes halogenated alkanes) is 10.